The molecule has 0 aromatic heterocycles. The summed E-state index contributed by atoms with van der Waals surface area (Å²) in [6.45, 7) is 2.24. The van der Waals surface area contributed by atoms with Crippen LogP contribution in [0.3, 0.4) is 0 Å². The first-order valence-electron chi connectivity index (χ1n) is 6.42. The molecule has 1 aromatic carbocycles. The van der Waals surface area contributed by atoms with Gasteiger partial charge in [-0.05, 0) is 53.0 Å². The fourth-order valence-electron chi connectivity index (χ4n) is 2.52. The van der Waals surface area contributed by atoms with Gasteiger partial charge in [0.2, 0.25) is 0 Å². The summed E-state index contributed by atoms with van der Waals surface area (Å²) in [5.41, 5.74) is 1.25. The maximum atomic E-state index is 9.41. The molecule has 18 heavy (non-hydrogen) atoms. The van der Waals surface area contributed by atoms with Gasteiger partial charge in [0.05, 0.1) is 18.2 Å². The van der Waals surface area contributed by atoms with Crippen LogP contribution in [0, 0.1) is 0 Å². The number of ether oxygens (including phenoxy) is 1. The van der Waals surface area contributed by atoms with Crippen molar-refractivity contribution in [1.29, 1.82) is 0 Å². The van der Waals surface area contributed by atoms with Gasteiger partial charge in [0, 0.05) is 12.6 Å². The first-order valence-corrected chi connectivity index (χ1v) is 7.21. The van der Waals surface area contributed by atoms with Crippen LogP contribution < -0.4 is 4.74 Å². The molecule has 0 radical (unpaired) electrons. The SMILES string of the molecule is COc1ccc(CN2CCCC[C@@H]2CO)cc1Br. The van der Waals surface area contributed by atoms with Crippen LogP contribution in [-0.4, -0.2) is 36.3 Å². The van der Waals surface area contributed by atoms with Crippen LogP contribution >= 0.6 is 15.9 Å². The predicted molar refractivity (Wildman–Crippen MR) is 75.8 cm³/mol. The molecule has 1 heterocycles. The Balaban J connectivity index is 2.05. The van der Waals surface area contributed by atoms with Gasteiger partial charge in [-0.15, -0.1) is 0 Å². The number of aliphatic hydroxyl groups is 1. The summed E-state index contributed by atoms with van der Waals surface area (Å²) in [5.74, 6) is 0.858. The predicted octanol–water partition coefficient (Wildman–Crippen LogP) is 2.80. The van der Waals surface area contributed by atoms with E-state index in [2.05, 4.69) is 33.0 Å². The van der Waals surface area contributed by atoms with Gasteiger partial charge in [0.15, 0.2) is 0 Å². The van der Waals surface area contributed by atoms with Crippen LogP contribution in [0.1, 0.15) is 24.8 Å². The second-order valence-electron chi connectivity index (χ2n) is 4.77. The molecule has 0 saturated carbocycles. The molecule has 3 nitrogen and oxygen atoms in total. The Morgan fingerprint density at radius 2 is 2.28 bits per heavy atom. The van der Waals surface area contributed by atoms with Crippen molar-refractivity contribution in [2.75, 3.05) is 20.3 Å². The molecule has 0 amide bonds. The van der Waals surface area contributed by atoms with E-state index in [9.17, 15) is 5.11 Å². The van der Waals surface area contributed by atoms with Gasteiger partial charge in [-0.25, -0.2) is 0 Å². The Morgan fingerprint density at radius 1 is 1.44 bits per heavy atom. The van der Waals surface area contributed by atoms with E-state index in [1.807, 2.05) is 6.07 Å². The monoisotopic (exact) mass is 313 g/mol. The lowest BCUT2D eigenvalue weighted by Gasteiger charge is -2.34. The average Bonchev–Trinajstić information content (AvgIpc) is 2.39. The third-order valence-electron chi connectivity index (χ3n) is 3.56. The molecular formula is C14H20BrNO2. The molecule has 1 aliphatic heterocycles. The fourth-order valence-corrected chi connectivity index (χ4v) is 3.11. The maximum Gasteiger partial charge on any atom is 0.133 e. The minimum atomic E-state index is 0.261. The van der Waals surface area contributed by atoms with E-state index in [0.717, 1.165) is 29.7 Å². The van der Waals surface area contributed by atoms with Crippen molar-refractivity contribution in [1.82, 2.24) is 4.90 Å². The highest BCUT2D eigenvalue weighted by molar-refractivity contribution is 9.10. The van der Waals surface area contributed by atoms with Gasteiger partial charge in [-0.1, -0.05) is 12.5 Å². The molecule has 2 rings (SSSR count). The summed E-state index contributed by atoms with van der Waals surface area (Å²) in [6.07, 6.45) is 3.57. The van der Waals surface area contributed by atoms with Gasteiger partial charge in [-0.2, -0.15) is 0 Å². The highest BCUT2D eigenvalue weighted by Crippen LogP contribution is 2.27. The van der Waals surface area contributed by atoms with Crippen LogP contribution in [0.5, 0.6) is 5.75 Å². The number of hydrogen-bond acceptors (Lipinski definition) is 3. The lowest BCUT2D eigenvalue weighted by atomic mass is 10.0. The first kappa shape index (κ1) is 13.8. The molecule has 4 heteroatoms. The van der Waals surface area contributed by atoms with E-state index in [0.29, 0.717) is 6.04 Å². The normalized spacial score (nSPS) is 20.9. The van der Waals surface area contributed by atoms with Crippen LogP contribution in [0.25, 0.3) is 0 Å². The van der Waals surface area contributed by atoms with Crippen molar-refractivity contribution < 1.29 is 9.84 Å². The van der Waals surface area contributed by atoms with E-state index in [-0.39, 0.29) is 6.61 Å². The number of hydrogen-bond donors (Lipinski definition) is 1. The van der Waals surface area contributed by atoms with Gasteiger partial charge >= 0.3 is 0 Å². The highest BCUT2D eigenvalue weighted by Gasteiger charge is 2.21. The van der Waals surface area contributed by atoms with E-state index in [1.54, 1.807) is 7.11 Å². The van der Waals surface area contributed by atoms with E-state index < -0.39 is 0 Å². The van der Waals surface area contributed by atoms with Gasteiger partial charge in [0.25, 0.3) is 0 Å². The maximum absolute atomic E-state index is 9.41. The molecule has 0 spiro atoms. The van der Waals surface area contributed by atoms with Gasteiger partial charge in [0.1, 0.15) is 5.75 Å². The zero-order valence-electron chi connectivity index (χ0n) is 10.7. The lowest BCUT2D eigenvalue weighted by molar-refractivity contribution is 0.0841. The summed E-state index contributed by atoms with van der Waals surface area (Å²) < 4.78 is 6.22. The minimum Gasteiger partial charge on any atom is -0.496 e. The molecule has 1 aliphatic rings. The molecular weight excluding hydrogens is 294 g/mol. The Hall–Kier alpha value is -0.580. The van der Waals surface area contributed by atoms with Crippen molar-refractivity contribution in [3.8, 4) is 5.75 Å². The highest BCUT2D eigenvalue weighted by atomic mass is 79.9. The standard InChI is InChI=1S/C14H20BrNO2/c1-18-14-6-5-11(8-13(14)15)9-16-7-3-2-4-12(16)10-17/h5-6,8,12,17H,2-4,7,9-10H2,1H3/t12-/m1/s1. The second kappa shape index (κ2) is 6.55. The molecule has 0 bridgehead atoms. The molecule has 0 unspecified atom stereocenters. The summed E-state index contributed by atoms with van der Waals surface area (Å²) >= 11 is 3.51. The van der Waals surface area contributed by atoms with Crippen molar-refractivity contribution in [3.05, 3.63) is 28.2 Å². The van der Waals surface area contributed by atoms with Gasteiger partial charge < -0.3 is 9.84 Å². The minimum absolute atomic E-state index is 0.261. The molecule has 0 aliphatic carbocycles. The van der Waals surface area contributed by atoms with Crippen molar-refractivity contribution in [2.24, 2.45) is 0 Å². The molecule has 1 fully saturated rings. The Kier molecular flexibility index (Phi) is 5.03. The molecule has 1 aromatic rings. The van der Waals surface area contributed by atoms with Crippen molar-refractivity contribution in [2.45, 2.75) is 31.8 Å². The Morgan fingerprint density at radius 3 is 2.94 bits per heavy atom. The quantitative estimate of drug-likeness (QED) is 0.927. The molecule has 1 atom stereocenters. The van der Waals surface area contributed by atoms with E-state index in [4.69, 9.17) is 4.74 Å². The number of halogens is 1. The number of aliphatic hydroxyl groups excluding tert-OH is 1. The largest absolute Gasteiger partial charge is 0.496 e. The number of benzene rings is 1. The van der Waals surface area contributed by atoms with Crippen molar-refractivity contribution >= 4 is 15.9 Å². The smallest absolute Gasteiger partial charge is 0.133 e. The molecule has 1 N–H and O–H groups in total. The Labute approximate surface area is 117 Å². The molecule has 100 valence electrons. The summed E-state index contributed by atoms with van der Waals surface area (Å²) in [6, 6.07) is 6.49. The zero-order chi connectivity index (χ0) is 13.0. The first-order chi connectivity index (χ1) is 8.74. The number of nitrogens with zero attached hydrogens (tertiary/aromatic N) is 1. The topological polar surface area (TPSA) is 32.7 Å². The third kappa shape index (κ3) is 3.25. The summed E-state index contributed by atoms with van der Waals surface area (Å²) in [7, 11) is 1.67. The van der Waals surface area contributed by atoms with Crippen LogP contribution in [-0.2, 0) is 6.54 Å². The fraction of sp³-hybridized carbons (Fsp3) is 0.571. The van der Waals surface area contributed by atoms with Crippen LogP contribution in [0.15, 0.2) is 22.7 Å². The van der Waals surface area contributed by atoms with Gasteiger partial charge in [-0.3, -0.25) is 4.90 Å². The third-order valence-corrected chi connectivity index (χ3v) is 4.18. The van der Waals surface area contributed by atoms with Crippen molar-refractivity contribution in [3.63, 3.8) is 0 Å². The van der Waals surface area contributed by atoms with Crippen LogP contribution in [0.4, 0.5) is 0 Å². The summed E-state index contributed by atoms with van der Waals surface area (Å²) in [4.78, 5) is 2.37. The average molecular weight is 314 g/mol. The van der Waals surface area contributed by atoms with E-state index >= 15 is 0 Å². The van der Waals surface area contributed by atoms with Crippen LogP contribution in [0.2, 0.25) is 0 Å². The molecule has 1 saturated heterocycles. The number of piperidine rings is 1. The lowest BCUT2D eigenvalue weighted by Crippen LogP contribution is -2.41. The number of rotatable bonds is 4. The zero-order valence-corrected chi connectivity index (χ0v) is 12.3. The summed E-state index contributed by atoms with van der Waals surface area (Å²) in [5, 5.41) is 9.41. The van der Waals surface area contributed by atoms with E-state index in [1.165, 1.54) is 18.4 Å². The number of methoxy groups -OCH3 is 1. The second-order valence-corrected chi connectivity index (χ2v) is 5.63. The number of likely N-dealkylation sites (tertiary alicyclic amines) is 1. The Bertz CT molecular complexity index is 397.